The average Bonchev–Trinajstić information content (AvgIpc) is 2.97. The third-order valence-corrected chi connectivity index (χ3v) is 4.91. The second kappa shape index (κ2) is 7.03. The second-order valence-electron chi connectivity index (χ2n) is 5.14. The molecule has 3 aromatic rings. The molecule has 0 bridgehead atoms. The fourth-order valence-electron chi connectivity index (χ4n) is 2.18. The summed E-state index contributed by atoms with van der Waals surface area (Å²) >= 11 is 7.17. The van der Waals surface area contributed by atoms with E-state index in [0.717, 1.165) is 22.5 Å². The molecule has 0 atom stereocenters. The average molecular weight is 359 g/mol. The van der Waals surface area contributed by atoms with Gasteiger partial charge in [-0.25, -0.2) is 4.98 Å². The third kappa shape index (κ3) is 3.58. The number of carboxylic acids is 1. The highest BCUT2D eigenvalue weighted by Gasteiger charge is 2.10. The predicted octanol–water partition coefficient (Wildman–Crippen LogP) is 3.71. The number of thiazole rings is 1. The number of aromatic carboxylic acids is 1. The summed E-state index contributed by atoms with van der Waals surface area (Å²) in [6, 6.07) is 14.9. The number of benzene rings is 2. The third-order valence-electron chi connectivity index (χ3n) is 3.41. The summed E-state index contributed by atoms with van der Waals surface area (Å²) in [7, 11) is 0. The van der Waals surface area contributed by atoms with Crippen LogP contribution >= 0.6 is 22.9 Å². The molecule has 3 rings (SSSR count). The van der Waals surface area contributed by atoms with E-state index in [1.165, 1.54) is 0 Å². The van der Waals surface area contributed by atoms with Gasteiger partial charge in [-0.1, -0.05) is 48.0 Å². The van der Waals surface area contributed by atoms with Gasteiger partial charge in [-0.15, -0.1) is 11.3 Å². The van der Waals surface area contributed by atoms with Crippen LogP contribution in [0.3, 0.4) is 0 Å². The molecule has 0 aliphatic rings. The number of aryl methyl sites for hydroxylation is 1. The molecule has 2 aromatic carbocycles. The SMILES string of the molecule is Cc1nc(-c2ccc(COc3ccccc3Cl)cc2)sc1C(=O)[O-]. The van der Waals surface area contributed by atoms with Crippen LogP contribution < -0.4 is 9.84 Å². The van der Waals surface area contributed by atoms with Crippen LogP contribution in [0.25, 0.3) is 10.6 Å². The van der Waals surface area contributed by atoms with Gasteiger partial charge in [0.1, 0.15) is 17.4 Å². The smallest absolute Gasteiger partial charge is 0.138 e. The van der Waals surface area contributed by atoms with Gasteiger partial charge in [0.25, 0.3) is 0 Å². The summed E-state index contributed by atoms with van der Waals surface area (Å²) in [4.78, 5) is 15.4. The molecule has 0 saturated carbocycles. The van der Waals surface area contributed by atoms with Crippen molar-refractivity contribution in [1.82, 2.24) is 4.98 Å². The molecule has 4 nitrogen and oxygen atoms in total. The minimum absolute atomic E-state index is 0.163. The Kier molecular flexibility index (Phi) is 4.83. The van der Waals surface area contributed by atoms with E-state index < -0.39 is 5.97 Å². The van der Waals surface area contributed by atoms with E-state index in [4.69, 9.17) is 16.3 Å². The summed E-state index contributed by atoms with van der Waals surface area (Å²) < 4.78 is 5.69. The molecule has 0 radical (unpaired) electrons. The van der Waals surface area contributed by atoms with E-state index in [2.05, 4.69) is 4.98 Å². The molecule has 24 heavy (non-hydrogen) atoms. The highest BCUT2D eigenvalue weighted by atomic mass is 35.5. The van der Waals surface area contributed by atoms with E-state index in [1.54, 1.807) is 13.0 Å². The summed E-state index contributed by atoms with van der Waals surface area (Å²) in [6.07, 6.45) is 0. The van der Waals surface area contributed by atoms with Crippen LogP contribution in [0.5, 0.6) is 5.75 Å². The van der Waals surface area contributed by atoms with E-state index in [9.17, 15) is 9.90 Å². The number of ether oxygens (including phenoxy) is 1. The molecule has 0 N–H and O–H groups in total. The van der Waals surface area contributed by atoms with Crippen LogP contribution in [0.2, 0.25) is 5.02 Å². The predicted molar refractivity (Wildman–Crippen MR) is 92.4 cm³/mol. The van der Waals surface area contributed by atoms with Crippen molar-refractivity contribution in [3.63, 3.8) is 0 Å². The quantitative estimate of drug-likeness (QED) is 0.697. The maximum absolute atomic E-state index is 11.0. The lowest BCUT2D eigenvalue weighted by Crippen LogP contribution is -2.21. The van der Waals surface area contributed by atoms with E-state index in [0.29, 0.717) is 28.1 Å². The Morgan fingerprint density at radius 1 is 1.21 bits per heavy atom. The van der Waals surface area contributed by atoms with Gasteiger partial charge in [0.2, 0.25) is 0 Å². The van der Waals surface area contributed by atoms with Crippen LogP contribution in [0.4, 0.5) is 0 Å². The first kappa shape index (κ1) is 16.5. The normalized spacial score (nSPS) is 10.6. The number of aromatic nitrogens is 1. The monoisotopic (exact) mass is 358 g/mol. The van der Waals surface area contributed by atoms with Crippen molar-refractivity contribution in [3.8, 4) is 16.3 Å². The van der Waals surface area contributed by atoms with Crippen molar-refractivity contribution in [3.05, 3.63) is 69.7 Å². The van der Waals surface area contributed by atoms with Crippen molar-refractivity contribution >= 4 is 28.9 Å². The van der Waals surface area contributed by atoms with Crippen LogP contribution in [0.1, 0.15) is 20.9 Å². The fourth-order valence-corrected chi connectivity index (χ4v) is 3.27. The number of hydrogen-bond acceptors (Lipinski definition) is 5. The minimum atomic E-state index is -1.19. The molecule has 0 aliphatic heterocycles. The molecule has 0 saturated heterocycles. The minimum Gasteiger partial charge on any atom is -0.544 e. The van der Waals surface area contributed by atoms with Gasteiger partial charge in [-0.05, 0) is 24.6 Å². The molecular formula is C18H13ClNO3S-. The summed E-state index contributed by atoms with van der Waals surface area (Å²) in [5, 5.41) is 12.2. The number of hydrogen-bond donors (Lipinski definition) is 0. The largest absolute Gasteiger partial charge is 0.544 e. The molecule has 1 aromatic heterocycles. The van der Waals surface area contributed by atoms with Gasteiger partial charge in [0.05, 0.1) is 21.6 Å². The van der Waals surface area contributed by atoms with Gasteiger partial charge in [-0.2, -0.15) is 0 Å². The zero-order chi connectivity index (χ0) is 17.1. The highest BCUT2D eigenvalue weighted by Crippen LogP contribution is 2.28. The van der Waals surface area contributed by atoms with Gasteiger partial charge >= 0.3 is 0 Å². The van der Waals surface area contributed by atoms with Gasteiger partial charge in [-0.3, -0.25) is 0 Å². The van der Waals surface area contributed by atoms with Crippen molar-refractivity contribution in [2.24, 2.45) is 0 Å². The number of carbonyl (C=O) groups excluding carboxylic acids is 1. The van der Waals surface area contributed by atoms with Crippen molar-refractivity contribution in [1.29, 1.82) is 0 Å². The van der Waals surface area contributed by atoms with Gasteiger partial charge < -0.3 is 14.6 Å². The number of para-hydroxylation sites is 1. The highest BCUT2D eigenvalue weighted by molar-refractivity contribution is 7.17. The first-order valence-corrected chi connectivity index (χ1v) is 8.39. The number of carbonyl (C=O) groups is 1. The van der Waals surface area contributed by atoms with Crippen molar-refractivity contribution < 1.29 is 14.6 Å². The van der Waals surface area contributed by atoms with Gasteiger partial charge in [0, 0.05) is 5.56 Å². The maximum atomic E-state index is 11.0. The molecule has 1 heterocycles. The number of rotatable bonds is 5. The van der Waals surface area contributed by atoms with Crippen LogP contribution in [0.15, 0.2) is 48.5 Å². The zero-order valence-corrected chi connectivity index (χ0v) is 14.4. The first-order valence-electron chi connectivity index (χ1n) is 7.20. The lowest BCUT2D eigenvalue weighted by atomic mass is 10.1. The number of carboxylic acid groups (broad SMARTS) is 1. The fraction of sp³-hybridized carbons (Fsp3) is 0.111. The maximum Gasteiger partial charge on any atom is 0.138 e. The number of halogens is 1. The second-order valence-corrected chi connectivity index (χ2v) is 6.54. The van der Waals surface area contributed by atoms with Crippen molar-refractivity contribution in [2.45, 2.75) is 13.5 Å². The molecule has 122 valence electrons. The molecule has 0 amide bonds. The van der Waals surface area contributed by atoms with E-state index >= 15 is 0 Å². The molecular weight excluding hydrogens is 346 g/mol. The summed E-state index contributed by atoms with van der Waals surface area (Å²) in [5.41, 5.74) is 2.31. The lowest BCUT2D eigenvalue weighted by Gasteiger charge is -2.08. The first-order chi connectivity index (χ1) is 11.5. The lowest BCUT2D eigenvalue weighted by molar-refractivity contribution is -0.254. The zero-order valence-electron chi connectivity index (χ0n) is 12.8. The van der Waals surface area contributed by atoms with Crippen LogP contribution in [0, 0.1) is 6.92 Å². The van der Waals surface area contributed by atoms with Crippen molar-refractivity contribution in [2.75, 3.05) is 0 Å². The summed E-state index contributed by atoms with van der Waals surface area (Å²) in [5.74, 6) is -0.557. The Bertz CT molecular complexity index is 874. The Morgan fingerprint density at radius 2 is 1.92 bits per heavy atom. The molecule has 0 fully saturated rings. The van der Waals surface area contributed by atoms with E-state index in [1.807, 2.05) is 42.5 Å². The Hall–Kier alpha value is -2.37. The number of nitrogens with zero attached hydrogens (tertiary/aromatic N) is 1. The molecule has 6 heteroatoms. The molecule has 0 unspecified atom stereocenters. The van der Waals surface area contributed by atoms with Gasteiger partial charge in [0.15, 0.2) is 0 Å². The van der Waals surface area contributed by atoms with Crippen LogP contribution in [-0.4, -0.2) is 11.0 Å². The standard InChI is InChI=1S/C18H14ClNO3S/c1-11-16(18(21)22)24-17(20-11)13-8-6-12(7-9-13)10-23-15-5-3-2-4-14(15)19/h2-9H,10H2,1H3,(H,21,22)/p-1. The Balaban J connectivity index is 1.73. The molecule has 0 aliphatic carbocycles. The van der Waals surface area contributed by atoms with Crippen LogP contribution in [-0.2, 0) is 6.61 Å². The topological polar surface area (TPSA) is 62.2 Å². The Labute approximate surface area is 148 Å². The molecule has 0 spiro atoms. The Morgan fingerprint density at radius 3 is 2.54 bits per heavy atom. The van der Waals surface area contributed by atoms with E-state index in [-0.39, 0.29) is 4.88 Å². The summed E-state index contributed by atoms with van der Waals surface area (Å²) in [6.45, 7) is 2.06.